The van der Waals surface area contributed by atoms with Gasteiger partial charge in [0.05, 0.1) is 69.9 Å². The number of carboxylic acid groups (broad SMARTS) is 3. The maximum absolute atomic E-state index is 11.8. The first-order valence-corrected chi connectivity index (χ1v) is 41.1. The number of ketones is 1. The van der Waals surface area contributed by atoms with Crippen LogP contribution in [0.3, 0.4) is 0 Å². The van der Waals surface area contributed by atoms with E-state index in [0.29, 0.717) is 147 Å². The molecule has 0 radical (unpaired) electrons. The van der Waals surface area contributed by atoms with Crippen LogP contribution in [0.15, 0.2) is 74.0 Å². The highest BCUT2D eigenvalue weighted by atomic mass is 32.2. The minimum absolute atomic E-state index is 0.0226. The van der Waals surface area contributed by atoms with Crippen molar-refractivity contribution in [3.05, 3.63) is 74.0 Å². The Morgan fingerprint density at radius 1 is 0.514 bits per heavy atom. The number of hydrogen-bond acceptors (Lipinski definition) is 26. The van der Waals surface area contributed by atoms with Gasteiger partial charge in [0.1, 0.15) is 11.3 Å². The van der Waals surface area contributed by atoms with Crippen molar-refractivity contribution in [3.63, 3.8) is 0 Å². The Balaban J connectivity index is 0. The van der Waals surface area contributed by atoms with Crippen LogP contribution in [0.1, 0.15) is 190 Å². The Morgan fingerprint density at radius 2 is 0.892 bits per heavy atom. The quantitative estimate of drug-likeness (QED) is 0.0549. The molecular weight excluding hydrogens is 1450 g/mol. The molecule has 31 nitrogen and oxygen atoms in total. The molecule has 646 valence electrons. The van der Waals surface area contributed by atoms with Crippen LogP contribution in [0, 0.1) is 62.6 Å². The van der Waals surface area contributed by atoms with Gasteiger partial charge in [0.15, 0.2) is 0 Å². The third-order valence-electron chi connectivity index (χ3n) is 21.6. The molecule has 10 aliphatic rings. The van der Waals surface area contributed by atoms with E-state index in [0.717, 1.165) is 161 Å². The van der Waals surface area contributed by atoms with Crippen LogP contribution >= 0.6 is 0 Å². The van der Waals surface area contributed by atoms with E-state index in [4.69, 9.17) is 97.2 Å². The molecule has 2 amide bonds. The number of nitrogens with zero attached hydrogens (tertiary/aromatic N) is 1. The molecule has 4 saturated heterocycles. The van der Waals surface area contributed by atoms with Crippen molar-refractivity contribution in [2.24, 2.45) is 114 Å². The molecule has 10 rings (SSSR count). The molecule has 32 heteroatoms. The van der Waals surface area contributed by atoms with E-state index in [1.54, 1.807) is 20.8 Å². The third-order valence-corrected chi connectivity index (χ3v) is 22.2. The van der Waals surface area contributed by atoms with E-state index in [2.05, 4.69) is 72.9 Å². The second-order valence-corrected chi connectivity index (χ2v) is 35.5. The monoisotopic (exact) mass is 1600 g/mol. The molecule has 111 heavy (non-hydrogen) atoms. The average Bonchev–Trinajstić information content (AvgIpc) is 1.65. The summed E-state index contributed by atoms with van der Waals surface area (Å²) in [4.78, 5) is 66.3. The van der Waals surface area contributed by atoms with Gasteiger partial charge in [-0.3, -0.25) is 33.5 Å². The number of carbonyl (C=O) groups is 6. The highest BCUT2D eigenvalue weighted by molar-refractivity contribution is 7.98. The predicted molar refractivity (Wildman–Crippen MR) is 444 cm³/mol. The molecule has 1 atom stereocenters. The lowest BCUT2D eigenvalue weighted by Crippen LogP contribution is -2.49. The fourth-order valence-corrected chi connectivity index (χ4v) is 11.6. The Bertz CT molecular complexity index is 2910. The third kappa shape index (κ3) is 45.4. The zero-order valence-electron chi connectivity index (χ0n) is 68.8. The SMILES string of the molecule is C=C(O)C1(C)CCNCC1.C=C(O)C1CC(N)C1.C=C(O)C1CC(N)C1.C=C(O)C1CCC(N)CC1.C=C(O)C1CCC(N)CC1.C=C(O)C1CNC1.C=S(C)(=O)NC(=O)C(C)(C)CN.CC(=O)C(C)(C)CCN.CC(C)(CN)C(=O)N1CCOCC1.NC1(C(=O)O)CC1.NCC1(C(=O)O)CC1.O=C(O)C1CCNCC1. The van der Waals surface area contributed by atoms with E-state index in [1.165, 1.54) is 6.26 Å². The molecule has 4 aliphatic heterocycles. The van der Waals surface area contributed by atoms with Crippen LogP contribution in [0.25, 0.3) is 0 Å². The number of carbonyl (C=O) groups excluding carboxylic acids is 3. The number of piperidine rings is 2. The summed E-state index contributed by atoms with van der Waals surface area (Å²) in [5, 5.41) is 87.9. The maximum Gasteiger partial charge on any atom is 0.323 e. The maximum atomic E-state index is 11.8. The van der Waals surface area contributed by atoms with Crippen LogP contribution in [-0.2, 0) is 43.2 Å². The van der Waals surface area contributed by atoms with Crippen molar-refractivity contribution in [1.29, 1.82) is 0 Å². The molecule has 6 aliphatic carbocycles. The van der Waals surface area contributed by atoms with Gasteiger partial charge in [-0.15, -0.1) is 0 Å². The Hall–Kier alpha value is -6.24. The fourth-order valence-electron chi connectivity index (χ4n) is 10.9. The number of Topliss-reactive ketones (excluding diaryl/α,β-unsaturated/α-hetero) is 1. The van der Waals surface area contributed by atoms with E-state index in [1.807, 2.05) is 32.6 Å². The molecule has 0 aromatic heterocycles. The Morgan fingerprint density at radius 3 is 1.08 bits per heavy atom. The largest absolute Gasteiger partial charge is 0.513 e. The summed E-state index contributed by atoms with van der Waals surface area (Å²) >= 11 is 0. The van der Waals surface area contributed by atoms with Crippen molar-refractivity contribution in [3.8, 4) is 0 Å². The summed E-state index contributed by atoms with van der Waals surface area (Å²) < 4.78 is 18.6. The van der Waals surface area contributed by atoms with Crippen LogP contribution in [0.5, 0.6) is 0 Å². The molecule has 0 aromatic rings. The lowest BCUT2D eigenvalue weighted by atomic mass is 9.80. The second-order valence-electron chi connectivity index (χ2n) is 33.3. The summed E-state index contributed by atoms with van der Waals surface area (Å²) in [6.45, 7) is 45.2. The summed E-state index contributed by atoms with van der Waals surface area (Å²) in [7, 11) is -2.47. The molecule has 0 bridgehead atoms. The number of aliphatic hydroxyl groups excluding tert-OH is 6. The topological polar surface area (TPSA) is 596 Å². The number of amides is 2. The first-order valence-electron chi connectivity index (χ1n) is 38.9. The average molecular weight is 1600 g/mol. The van der Waals surface area contributed by atoms with E-state index < -0.39 is 49.4 Å². The fraction of sp³-hybridized carbons (Fsp3) is 0.759. The lowest BCUT2D eigenvalue weighted by Gasteiger charge is -2.33. The van der Waals surface area contributed by atoms with Gasteiger partial charge in [-0.25, -0.2) is 4.21 Å². The lowest BCUT2D eigenvalue weighted by molar-refractivity contribution is -0.144. The number of ether oxygens (including phenoxy) is 1. The number of nitrogens with one attached hydrogen (secondary N) is 4. The minimum atomic E-state index is -2.47. The number of rotatable bonds is 18. The van der Waals surface area contributed by atoms with Gasteiger partial charge in [-0.05, 0) is 208 Å². The summed E-state index contributed by atoms with van der Waals surface area (Å²) in [6, 6.07) is 1.33. The van der Waals surface area contributed by atoms with E-state index in [9.17, 15) is 38.1 Å². The normalized spacial score (nSPS) is 24.6. The molecule has 0 aromatic carbocycles. The molecule has 1 unspecified atom stereocenters. The van der Waals surface area contributed by atoms with Gasteiger partial charge < -0.3 is 123 Å². The smallest absolute Gasteiger partial charge is 0.323 e. The first kappa shape index (κ1) is 107. The van der Waals surface area contributed by atoms with Gasteiger partial charge in [-0.1, -0.05) is 60.2 Å². The van der Waals surface area contributed by atoms with Gasteiger partial charge in [0.2, 0.25) is 11.8 Å². The van der Waals surface area contributed by atoms with Gasteiger partial charge in [0, 0.05) is 126 Å². The van der Waals surface area contributed by atoms with Gasteiger partial charge >= 0.3 is 17.9 Å². The molecule has 10 fully saturated rings. The van der Waals surface area contributed by atoms with Crippen molar-refractivity contribution < 1.29 is 83.7 Å². The highest BCUT2D eigenvalue weighted by Gasteiger charge is 2.49. The zero-order valence-corrected chi connectivity index (χ0v) is 69.6. The predicted octanol–water partition coefficient (Wildman–Crippen LogP) is 6.04. The van der Waals surface area contributed by atoms with Crippen LogP contribution in [0.2, 0.25) is 0 Å². The second kappa shape index (κ2) is 52.3. The van der Waals surface area contributed by atoms with Crippen LogP contribution in [-0.4, -0.2) is 224 Å². The summed E-state index contributed by atoms with van der Waals surface area (Å²) in [5.41, 5.74) is 46.1. The molecule has 4 heterocycles. The van der Waals surface area contributed by atoms with Crippen LogP contribution in [0.4, 0.5) is 0 Å². The molecular formula is C79H152N14O17S. The number of nitrogens with two attached hydrogens (primary N) is 9. The van der Waals surface area contributed by atoms with Crippen molar-refractivity contribution in [1.82, 2.24) is 25.6 Å². The van der Waals surface area contributed by atoms with Crippen LogP contribution < -0.4 is 72.3 Å². The van der Waals surface area contributed by atoms with E-state index >= 15 is 0 Å². The van der Waals surface area contributed by atoms with Crippen molar-refractivity contribution in [2.45, 2.75) is 220 Å². The summed E-state index contributed by atoms with van der Waals surface area (Å²) in [6.07, 6.45) is 20.4. The Kier molecular flexibility index (Phi) is 50.3. The number of aliphatic hydroxyl groups is 6. The summed E-state index contributed by atoms with van der Waals surface area (Å²) in [5.74, 6) is 4.50. The number of allylic oxidation sites excluding steroid dienone is 5. The number of morpholine rings is 1. The number of carboxylic acids is 3. The van der Waals surface area contributed by atoms with E-state index in [-0.39, 0.29) is 40.9 Å². The van der Waals surface area contributed by atoms with Gasteiger partial charge in [-0.2, -0.15) is 0 Å². The zero-order chi connectivity index (χ0) is 86.1. The van der Waals surface area contributed by atoms with Gasteiger partial charge in [0.25, 0.3) is 0 Å². The Labute approximate surface area is 663 Å². The molecule has 0 spiro atoms. The standard InChI is InChI=1S/C9H18N2O2.3C8H15NO.C7H16N2O2S.C7H15NO.C6H11NO2.2C6H11NO.C5H9NO2.C5H9NO.C4H7NO2/c1-9(2,7-10)8(12)11-3-5-13-6-4-11;1-7(10)8(2)3-5-9-6-4-8;2*1-6(10)7-2-4-8(9)5-3-7;1-7(2,5-8)6(10)9-12(3,4)11;1-6(9)7(2,3)4-5-8;8-6(9)5-1-3-7-4-2-5;2*1-4(8)5-2-6(7)3-5;6-3-5(1-2-5)4(7)8;1-4(7)5-2-6-3-5;5-4(1-2-4)3(6)7/h3-7,10H2,1-2H3;9-10H,1,3-6H2,2H3;2*7-8,10H,1-5,9H2;3,5,8H2,1-2,4H3,(H,9,10,11);4-5,8H2,1-3H3;5,7H,1-4H2,(H,8,9);2*5-6,8H,1-3,7H2;1-3,6H2,(H,7,8);5-7H,1-3H2;1-2,5H2,(H,6,7). The minimum Gasteiger partial charge on any atom is -0.513 e. The molecule has 31 N–H and O–H groups in total. The molecule has 6 saturated carbocycles. The number of aliphatic carboxylic acids is 3. The first-order chi connectivity index (χ1) is 51.2. The van der Waals surface area contributed by atoms with Crippen molar-refractivity contribution >= 4 is 51.1 Å². The van der Waals surface area contributed by atoms with Crippen molar-refractivity contribution in [2.75, 3.05) is 98.0 Å². The number of hydrogen-bond donors (Lipinski definition) is 22. The highest BCUT2D eigenvalue weighted by Crippen LogP contribution is 2.44.